The molecular weight excluding hydrogens is 381 g/mol. The van der Waals surface area contributed by atoms with E-state index in [1.165, 1.54) is 52.4 Å². The first kappa shape index (κ1) is 19.3. The summed E-state index contributed by atoms with van der Waals surface area (Å²) < 4.78 is 0. The Morgan fingerprint density at radius 2 is 1.56 bits per heavy atom. The number of hydrogen-bond donors (Lipinski definition) is 0. The van der Waals surface area contributed by atoms with Crippen LogP contribution >= 0.6 is 27.7 Å². The first-order valence-corrected chi connectivity index (χ1v) is 12.1. The number of fused-ring (bicyclic) bond motifs is 1. The van der Waals surface area contributed by atoms with Gasteiger partial charge in [0.25, 0.3) is 0 Å². The smallest absolute Gasteiger partial charge is 0.0118 e. The lowest BCUT2D eigenvalue weighted by Gasteiger charge is -2.16. The number of benzene rings is 3. The van der Waals surface area contributed by atoms with Crippen molar-refractivity contribution in [2.45, 2.75) is 31.1 Å². The summed E-state index contributed by atoms with van der Waals surface area (Å²) >= 11 is 0. The second-order valence-electron chi connectivity index (χ2n) is 7.32. The Morgan fingerprint density at radius 1 is 0.778 bits per heavy atom. The number of rotatable bonds is 5. The normalized spacial score (nSPS) is 15.7. The molecule has 0 saturated heterocycles. The van der Waals surface area contributed by atoms with Gasteiger partial charge in [-0.3, -0.25) is 0 Å². The highest BCUT2D eigenvalue weighted by atomic mass is 31.0. The Balaban J connectivity index is 1.72. The quantitative estimate of drug-likeness (QED) is 0.413. The van der Waals surface area contributed by atoms with Crippen LogP contribution in [0.15, 0.2) is 60.7 Å². The average molecular weight is 408 g/mol. The maximum Gasteiger partial charge on any atom is -0.0118 e. The lowest BCUT2D eigenvalue weighted by atomic mass is 9.91. The Morgan fingerprint density at radius 3 is 2.26 bits per heavy atom. The average Bonchev–Trinajstić information content (AvgIpc) is 3.17. The van der Waals surface area contributed by atoms with Crippen LogP contribution in [0, 0.1) is 0 Å². The lowest BCUT2D eigenvalue weighted by molar-refractivity contribution is 0.754. The van der Waals surface area contributed by atoms with Gasteiger partial charge in [-0.2, -0.15) is 0 Å². The monoisotopic (exact) mass is 408 g/mol. The van der Waals surface area contributed by atoms with Crippen molar-refractivity contribution in [3.05, 3.63) is 82.9 Å². The van der Waals surface area contributed by atoms with Crippen LogP contribution < -0.4 is 0 Å². The SMILES string of the molecule is PCc1cccc(-c2ccc(-c3ccc(CP)c4c3CCC4CP)cc2)c1. The topological polar surface area (TPSA) is 0 Å². The Hall–Kier alpha value is -1.05. The van der Waals surface area contributed by atoms with Gasteiger partial charge in [-0.05, 0) is 81.8 Å². The van der Waals surface area contributed by atoms with Gasteiger partial charge in [0.15, 0.2) is 0 Å². The maximum atomic E-state index is 2.95. The number of hydrogen-bond acceptors (Lipinski definition) is 0. The van der Waals surface area contributed by atoms with Crippen LogP contribution in [-0.2, 0) is 18.7 Å². The predicted octanol–water partition coefficient (Wildman–Crippen LogP) is 6.68. The van der Waals surface area contributed by atoms with E-state index >= 15 is 0 Å². The predicted molar refractivity (Wildman–Crippen MR) is 130 cm³/mol. The van der Waals surface area contributed by atoms with E-state index in [4.69, 9.17) is 0 Å². The highest BCUT2D eigenvalue weighted by Crippen LogP contribution is 2.42. The largest absolute Gasteiger partial charge is 0.137 e. The molecule has 4 unspecified atom stereocenters. The van der Waals surface area contributed by atoms with E-state index in [1.807, 2.05) is 0 Å². The van der Waals surface area contributed by atoms with Gasteiger partial charge in [-0.15, -0.1) is 27.7 Å². The fourth-order valence-electron chi connectivity index (χ4n) is 4.36. The molecule has 27 heavy (non-hydrogen) atoms. The van der Waals surface area contributed by atoms with Crippen molar-refractivity contribution >= 4 is 27.7 Å². The Labute approximate surface area is 170 Å². The molecule has 1 aliphatic rings. The molecule has 0 nitrogen and oxygen atoms in total. The van der Waals surface area contributed by atoms with Crippen LogP contribution in [0.5, 0.6) is 0 Å². The van der Waals surface area contributed by atoms with Crippen molar-refractivity contribution < 1.29 is 0 Å². The van der Waals surface area contributed by atoms with Gasteiger partial charge in [-0.25, -0.2) is 0 Å². The van der Waals surface area contributed by atoms with Crippen molar-refractivity contribution in [1.29, 1.82) is 0 Å². The van der Waals surface area contributed by atoms with Gasteiger partial charge >= 0.3 is 0 Å². The van der Waals surface area contributed by atoms with E-state index in [2.05, 4.69) is 88.4 Å². The van der Waals surface area contributed by atoms with Crippen molar-refractivity contribution in [3.8, 4) is 22.3 Å². The maximum absolute atomic E-state index is 2.95. The third-order valence-corrected chi connectivity index (χ3v) is 7.28. The first-order chi connectivity index (χ1) is 13.2. The highest BCUT2D eigenvalue weighted by molar-refractivity contribution is 7.16. The van der Waals surface area contributed by atoms with E-state index < -0.39 is 0 Å². The van der Waals surface area contributed by atoms with Gasteiger partial charge in [0, 0.05) is 0 Å². The molecule has 0 heterocycles. The Bertz CT molecular complexity index is 944. The van der Waals surface area contributed by atoms with Crippen LogP contribution in [0.25, 0.3) is 22.3 Å². The summed E-state index contributed by atoms with van der Waals surface area (Å²) in [5, 5.41) is 0. The van der Waals surface area contributed by atoms with Crippen molar-refractivity contribution in [2.75, 3.05) is 6.16 Å². The van der Waals surface area contributed by atoms with Crippen LogP contribution in [0.4, 0.5) is 0 Å². The molecule has 138 valence electrons. The molecule has 0 aromatic heterocycles. The summed E-state index contributed by atoms with van der Waals surface area (Å²) in [4.78, 5) is 0. The van der Waals surface area contributed by atoms with E-state index in [9.17, 15) is 0 Å². The molecule has 0 saturated carbocycles. The summed E-state index contributed by atoms with van der Waals surface area (Å²) in [7, 11) is 8.67. The van der Waals surface area contributed by atoms with Gasteiger partial charge in [0.1, 0.15) is 0 Å². The minimum atomic E-state index is 0.703. The summed E-state index contributed by atoms with van der Waals surface area (Å²) in [5.41, 5.74) is 11.4. The summed E-state index contributed by atoms with van der Waals surface area (Å²) in [6, 6.07) is 22.7. The minimum Gasteiger partial charge on any atom is -0.137 e. The third kappa shape index (κ3) is 3.78. The fraction of sp³-hybridized carbons (Fsp3) is 0.250. The van der Waals surface area contributed by atoms with Crippen LogP contribution in [0.1, 0.15) is 34.6 Å². The molecule has 0 amide bonds. The molecule has 0 fully saturated rings. The molecular formula is C24H27P3. The molecule has 4 rings (SSSR count). The summed E-state index contributed by atoms with van der Waals surface area (Å²) in [6.45, 7) is 0. The molecule has 3 aromatic rings. The zero-order chi connectivity index (χ0) is 18.8. The highest BCUT2D eigenvalue weighted by Gasteiger charge is 2.26. The molecule has 0 N–H and O–H groups in total. The Kier molecular flexibility index (Phi) is 6.09. The van der Waals surface area contributed by atoms with Gasteiger partial charge < -0.3 is 0 Å². The standard InChI is InChI=1S/C24H27P3/c25-13-16-2-1-3-19(12-16)17-4-6-18(7-5-17)22-10-8-20(14-26)24-21(15-27)9-11-23(22)24/h1-8,10,12,21H,9,11,13-15,25-27H2. The van der Waals surface area contributed by atoms with Gasteiger partial charge in [-0.1, -0.05) is 60.7 Å². The summed E-state index contributed by atoms with van der Waals surface area (Å²) in [5.74, 6) is 0.703. The third-order valence-electron chi connectivity index (χ3n) is 5.79. The molecule has 4 atom stereocenters. The van der Waals surface area contributed by atoms with Gasteiger partial charge in [0.05, 0.1) is 0 Å². The molecule has 0 aliphatic heterocycles. The zero-order valence-electron chi connectivity index (χ0n) is 15.6. The van der Waals surface area contributed by atoms with Crippen LogP contribution in [0.3, 0.4) is 0 Å². The first-order valence-electron chi connectivity index (χ1n) is 9.69. The van der Waals surface area contributed by atoms with E-state index in [0.717, 1.165) is 12.3 Å². The van der Waals surface area contributed by atoms with E-state index in [0.29, 0.717) is 5.92 Å². The fourth-order valence-corrected chi connectivity index (χ4v) is 5.44. The molecule has 1 aliphatic carbocycles. The van der Waals surface area contributed by atoms with Crippen molar-refractivity contribution in [2.24, 2.45) is 0 Å². The van der Waals surface area contributed by atoms with Crippen molar-refractivity contribution in [1.82, 2.24) is 0 Å². The van der Waals surface area contributed by atoms with Crippen molar-refractivity contribution in [3.63, 3.8) is 0 Å². The molecule has 0 radical (unpaired) electrons. The minimum absolute atomic E-state index is 0.703. The molecule has 3 heteroatoms. The second kappa shape index (κ2) is 8.53. The van der Waals surface area contributed by atoms with Crippen LogP contribution in [-0.4, -0.2) is 6.16 Å². The zero-order valence-corrected chi connectivity index (χ0v) is 19.1. The second-order valence-corrected chi connectivity index (χ2v) is 8.61. The molecule has 3 aromatic carbocycles. The van der Waals surface area contributed by atoms with Gasteiger partial charge in [0.2, 0.25) is 0 Å². The lowest BCUT2D eigenvalue weighted by Crippen LogP contribution is -2.00. The molecule has 0 bridgehead atoms. The van der Waals surface area contributed by atoms with E-state index in [1.54, 1.807) is 11.1 Å². The van der Waals surface area contributed by atoms with Crippen LogP contribution in [0.2, 0.25) is 0 Å². The summed E-state index contributed by atoms with van der Waals surface area (Å²) in [6.07, 6.45) is 5.71. The van der Waals surface area contributed by atoms with E-state index in [-0.39, 0.29) is 0 Å². The molecule has 0 spiro atoms.